The molecule has 0 bridgehead atoms. The number of ether oxygens (including phenoxy) is 1. The molecule has 1 aromatic carbocycles. The zero-order chi connectivity index (χ0) is 22.5. The first-order valence-electron chi connectivity index (χ1n) is 11.1. The van der Waals surface area contributed by atoms with Crippen molar-refractivity contribution in [2.24, 2.45) is 0 Å². The van der Waals surface area contributed by atoms with Crippen molar-refractivity contribution < 1.29 is 14.3 Å². The number of rotatable bonds is 4. The molecule has 0 saturated carbocycles. The van der Waals surface area contributed by atoms with E-state index >= 15 is 0 Å². The van der Waals surface area contributed by atoms with Gasteiger partial charge in [-0.25, -0.2) is 4.98 Å². The van der Waals surface area contributed by atoms with Crippen molar-refractivity contribution in [3.63, 3.8) is 0 Å². The third kappa shape index (κ3) is 4.06. The van der Waals surface area contributed by atoms with E-state index in [1.54, 1.807) is 0 Å². The number of nitrogens with one attached hydrogen (secondary N) is 2. The molecular weight excluding hydrogens is 404 g/mol. The molecular formula is C25H28N4O3. The number of imidazole rings is 1. The van der Waals surface area contributed by atoms with Crippen LogP contribution in [0.25, 0.3) is 16.9 Å². The molecule has 2 aliphatic rings. The molecule has 0 aliphatic carbocycles. The summed E-state index contributed by atoms with van der Waals surface area (Å²) < 4.78 is 7.47. The van der Waals surface area contributed by atoms with Gasteiger partial charge in [0.25, 0.3) is 0 Å². The number of hydrogen-bond acceptors (Lipinski definition) is 6. The predicted molar refractivity (Wildman–Crippen MR) is 121 cm³/mol. The number of hydrogen-bond donors (Lipinski definition) is 2. The van der Waals surface area contributed by atoms with Gasteiger partial charge >= 0.3 is 5.97 Å². The lowest BCUT2D eigenvalue weighted by Gasteiger charge is -2.23. The van der Waals surface area contributed by atoms with Gasteiger partial charge < -0.3 is 14.5 Å². The van der Waals surface area contributed by atoms with Crippen LogP contribution in [0.2, 0.25) is 0 Å². The first-order chi connectivity index (χ1) is 15.3. The van der Waals surface area contributed by atoms with E-state index in [1.807, 2.05) is 80.0 Å². The van der Waals surface area contributed by atoms with Gasteiger partial charge in [-0.3, -0.25) is 14.9 Å². The summed E-state index contributed by atoms with van der Waals surface area (Å²) in [7, 11) is 0. The van der Waals surface area contributed by atoms with Crippen LogP contribution in [-0.4, -0.2) is 50.9 Å². The molecule has 7 heteroatoms. The summed E-state index contributed by atoms with van der Waals surface area (Å²) in [6.07, 6.45) is 5.21. The summed E-state index contributed by atoms with van der Waals surface area (Å²) >= 11 is 0. The summed E-state index contributed by atoms with van der Waals surface area (Å²) in [5, 5.41) is 6.80. The second-order valence-electron chi connectivity index (χ2n) is 9.69. The Morgan fingerprint density at radius 2 is 1.78 bits per heavy atom. The van der Waals surface area contributed by atoms with Gasteiger partial charge in [-0.15, -0.1) is 0 Å². The molecule has 0 spiro atoms. The lowest BCUT2D eigenvalue weighted by molar-refractivity contribution is -0.157. The molecule has 32 heavy (non-hydrogen) atoms. The smallest absolute Gasteiger partial charge is 0.323 e. The van der Waals surface area contributed by atoms with Gasteiger partial charge in [0.1, 0.15) is 17.3 Å². The van der Waals surface area contributed by atoms with Gasteiger partial charge in [-0.1, -0.05) is 24.3 Å². The Hall–Kier alpha value is -3.03. The highest BCUT2D eigenvalue weighted by atomic mass is 16.6. The van der Waals surface area contributed by atoms with Crippen LogP contribution in [-0.2, 0) is 9.53 Å². The van der Waals surface area contributed by atoms with E-state index in [9.17, 15) is 9.59 Å². The maximum absolute atomic E-state index is 13.2. The Morgan fingerprint density at radius 3 is 2.53 bits per heavy atom. The average Bonchev–Trinajstić information content (AvgIpc) is 3.44. The van der Waals surface area contributed by atoms with Crippen molar-refractivity contribution in [2.45, 2.75) is 63.4 Å². The molecule has 166 valence electrons. The van der Waals surface area contributed by atoms with Gasteiger partial charge in [0, 0.05) is 35.6 Å². The SMILES string of the molecule is CC(C)(C)OC(=O)C1CC2NC(C(=O)c3cccc(-c4cn5ccccc5n4)c3)CC2N1. The highest BCUT2D eigenvalue weighted by molar-refractivity contribution is 6.01. The van der Waals surface area contributed by atoms with Gasteiger partial charge in [0.2, 0.25) is 0 Å². The summed E-state index contributed by atoms with van der Waals surface area (Å²) in [6.45, 7) is 5.61. The second kappa shape index (κ2) is 7.83. The molecule has 5 rings (SSSR count). The molecule has 0 amide bonds. The van der Waals surface area contributed by atoms with Crippen molar-refractivity contribution in [2.75, 3.05) is 0 Å². The Balaban J connectivity index is 1.27. The maximum Gasteiger partial charge on any atom is 0.323 e. The number of benzene rings is 1. The molecule has 4 unspecified atom stereocenters. The largest absolute Gasteiger partial charge is 0.459 e. The molecule has 3 aromatic rings. The minimum atomic E-state index is -0.506. The number of aromatic nitrogens is 2. The van der Waals surface area contributed by atoms with Crippen LogP contribution in [0.15, 0.2) is 54.9 Å². The number of carbonyl (C=O) groups excluding carboxylic acids is 2. The lowest BCUT2D eigenvalue weighted by atomic mass is 9.99. The van der Waals surface area contributed by atoms with Gasteiger partial charge in [0.15, 0.2) is 5.78 Å². The number of fused-ring (bicyclic) bond motifs is 2. The van der Waals surface area contributed by atoms with E-state index in [4.69, 9.17) is 4.74 Å². The van der Waals surface area contributed by atoms with Crippen LogP contribution in [0.1, 0.15) is 44.0 Å². The molecule has 2 fully saturated rings. The summed E-state index contributed by atoms with van der Waals surface area (Å²) in [5.41, 5.74) is 2.79. The minimum absolute atomic E-state index is 0.0700. The van der Waals surface area contributed by atoms with Crippen molar-refractivity contribution in [1.82, 2.24) is 20.0 Å². The fourth-order valence-electron chi connectivity index (χ4n) is 4.68. The third-order valence-corrected chi connectivity index (χ3v) is 6.11. The quantitative estimate of drug-likeness (QED) is 0.487. The van der Waals surface area contributed by atoms with E-state index in [0.717, 1.165) is 16.9 Å². The van der Waals surface area contributed by atoms with Crippen molar-refractivity contribution >= 4 is 17.4 Å². The van der Waals surface area contributed by atoms with Crippen LogP contribution < -0.4 is 10.6 Å². The second-order valence-corrected chi connectivity index (χ2v) is 9.69. The number of pyridine rings is 1. The number of nitrogens with zero attached hydrogens (tertiary/aromatic N) is 2. The first kappa shape index (κ1) is 20.8. The highest BCUT2D eigenvalue weighted by Gasteiger charge is 2.46. The number of ketones is 1. The van der Waals surface area contributed by atoms with E-state index in [1.165, 1.54) is 0 Å². The van der Waals surface area contributed by atoms with Crippen LogP contribution in [0, 0.1) is 0 Å². The Morgan fingerprint density at radius 1 is 1.03 bits per heavy atom. The maximum atomic E-state index is 13.2. The monoisotopic (exact) mass is 432 g/mol. The lowest BCUT2D eigenvalue weighted by Crippen LogP contribution is -2.41. The van der Waals surface area contributed by atoms with E-state index in [0.29, 0.717) is 18.4 Å². The molecule has 0 radical (unpaired) electrons. The zero-order valence-corrected chi connectivity index (χ0v) is 18.5. The van der Waals surface area contributed by atoms with Crippen molar-refractivity contribution in [3.05, 3.63) is 60.4 Å². The fourth-order valence-corrected chi connectivity index (χ4v) is 4.68. The van der Waals surface area contributed by atoms with E-state index in [-0.39, 0.29) is 35.9 Å². The van der Waals surface area contributed by atoms with Gasteiger partial charge in [-0.05, 0) is 51.8 Å². The topological polar surface area (TPSA) is 84.7 Å². The summed E-state index contributed by atoms with van der Waals surface area (Å²) in [4.78, 5) is 30.3. The first-order valence-corrected chi connectivity index (χ1v) is 11.1. The molecule has 4 atom stereocenters. The highest BCUT2D eigenvalue weighted by Crippen LogP contribution is 2.28. The fraction of sp³-hybridized carbons (Fsp3) is 0.400. The van der Waals surface area contributed by atoms with Gasteiger partial charge in [-0.2, -0.15) is 0 Å². The van der Waals surface area contributed by atoms with Crippen molar-refractivity contribution in [1.29, 1.82) is 0 Å². The van der Waals surface area contributed by atoms with Crippen LogP contribution in [0.5, 0.6) is 0 Å². The standard InChI is InChI=1S/C25H28N4O3/c1-25(2,3)32-24(31)20-13-18-17(27-20)12-19(26-18)23(30)16-8-6-7-15(11-16)21-14-29-10-5-4-9-22(29)28-21/h4-11,14,17-20,26-27H,12-13H2,1-3H3. The Labute approximate surface area is 187 Å². The van der Waals surface area contributed by atoms with Crippen LogP contribution >= 0.6 is 0 Å². The molecule has 2 aromatic heterocycles. The summed E-state index contributed by atoms with van der Waals surface area (Å²) in [6, 6.07) is 13.1. The van der Waals surface area contributed by atoms with E-state index < -0.39 is 5.60 Å². The van der Waals surface area contributed by atoms with Gasteiger partial charge in [0.05, 0.1) is 11.7 Å². The molecule has 7 nitrogen and oxygen atoms in total. The van der Waals surface area contributed by atoms with Crippen LogP contribution in [0.3, 0.4) is 0 Å². The minimum Gasteiger partial charge on any atom is -0.459 e. The average molecular weight is 433 g/mol. The number of carbonyl (C=O) groups is 2. The molecule has 2 aliphatic heterocycles. The normalized spacial score (nSPS) is 25.1. The Kier molecular flexibility index (Phi) is 5.10. The molecule has 4 heterocycles. The summed E-state index contributed by atoms with van der Waals surface area (Å²) in [5.74, 6) is -0.155. The zero-order valence-electron chi connectivity index (χ0n) is 18.5. The molecule has 2 N–H and O–H groups in total. The van der Waals surface area contributed by atoms with E-state index in [2.05, 4.69) is 15.6 Å². The predicted octanol–water partition coefficient (Wildman–Crippen LogP) is 2.99. The number of esters is 1. The number of Topliss-reactive ketones (excluding diaryl/α,β-unsaturated/α-hetero) is 1. The van der Waals surface area contributed by atoms with Crippen LogP contribution in [0.4, 0.5) is 0 Å². The van der Waals surface area contributed by atoms with Crippen molar-refractivity contribution in [3.8, 4) is 11.3 Å². The molecule has 2 saturated heterocycles. The third-order valence-electron chi connectivity index (χ3n) is 6.11. The Bertz CT molecular complexity index is 1130.